The van der Waals surface area contributed by atoms with E-state index in [2.05, 4.69) is 15.3 Å². The molecule has 0 aliphatic heterocycles. The van der Waals surface area contributed by atoms with E-state index in [1.54, 1.807) is 0 Å². The van der Waals surface area contributed by atoms with Gasteiger partial charge in [-0.05, 0) is 36.8 Å². The molecule has 0 radical (unpaired) electrons. The number of hydrogen-bond donors (Lipinski definition) is 1. The number of aryl methyl sites for hydroxylation is 1. The maximum absolute atomic E-state index is 6.28. The van der Waals surface area contributed by atoms with Crippen LogP contribution in [0.4, 0.5) is 5.82 Å². The van der Waals surface area contributed by atoms with Crippen LogP contribution in [0.3, 0.4) is 0 Å². The Hall–Kier alpha value is -1.84. The first-order valence-corrected chi connectivity index (χ1v) is 7.26. The van der Waals surface area contributed by atoms with Crippen LogP contribution < -0.4 is 5.32 Å². The summed E-state index contributed by atoms with van der Waals surface area (Å²) in [6.45, 7) is 1.87. The molecule has 0 saturated heterocycles. The molecular formula is C16H13Cl2N3. The summed E-state index contributed by atoms with van der Waals surface area (Å²) in [5, 5.41) is 5.31. The maximum Gasteiger partial charge on any atom is 0.137 e. The Morgan fingerprint density at radius 3 is 2.38 bits per heavy atom. The molecule has 2 aromatic carbocycles. The second kappa shape index (κ2) is 5.51. The van der Waals surface area contributed by atoms with Crippen LogP contribution in [0.15, 0.2) is 36.4 Å². The summed E-state index contributed by atoms with van der Waals surface area (Å²) in [4.78, 5) is 8.88. The Kier molecular flexibility index (Phi) is 3.70. The van der Waals surface area contributed by atoms with E-state index in [1.165, 1.54) is 0 Å². The van der Waals surface area contributed by atoms with E-state index < -0.39 is 0 Å². The molecule has 0 amide bonds. The molecular weight excluding hydrogens is 305 g/mol. The van der Waals surface area contributed by atoms with Crippen molar-refractivity contribution in [2.24, 2.45) is 0 Å². The van der Waals surface area contributed by atoms with E-state index in [9.17, 15) is 0 Å². The first-order valence-electron chi connectivity index (χ1n) is 6.50. The summed E-state index contributed by atoms with van der Waals surface area (Å²) >= 11 is 12.6. The van der Waals surface area contributed by atoms with Gasteiger partial charge in [0.05, 0.1) is 5.52 Å². The molecule has 0 saturated carbocycles. The Bertz CT molecular complexity index is 811. The zero-order valence-corrected chi connectivity index (χ0v) is 13.1. The highest BCUT2D eigenvalue weighted by Gasteiger charge is 2.11. The third-order valence-corrected chi connectivity index (χ3v) is 3.93. The zero-order valence-electron chi connectivity index (χ0n) is 11.6. The van der Waals surface area contributed by atoms with Crippen LogP contribution >= 0.6 is 23.2 Å². The monoisotopic (exact) mass is 317 g/mol. The predicted molar refractivity (Wildman–Crippen MR) is 89.3 cm³/mol. The molecule has 5 heteroatoms. The van der Waals surface area contributed by atoms with Gasteiger partial charge in [0.2, 0.25) is 0 Å². The molecule has 0 unspecified atom stereocenters. The van der Waals surface area contributed by atoms with Gasteiger partial charge in [0.1, 0.15) is 11.6 Å². The Labute approximate surface area is 132 Å². The van der Waals surface area contributed by atoms with Crippen molar-refractivity contribution in [3.05, 3.63) is 52.3 Å². The smallest absolute Gasteiger partial charge is 0.137 e. The van der Waals surface area contributed by atoms with E-state index in [0.717, 1.165) is 27.8 Å². The van der Waals surface area contributed by atoms with Gasteiger partial charge >= 0.3 is 0 Å². The summed E-state index contributed by atoms with van der Waals surface area (Å²) in [7, 11) is 1.85. The third-order valence-electron chi connectivity index (χ3n) is 3.30. The van der Waals surface area contributed by atoms with Crippen LogP contribution in [-0.2, 0) is 0 Å². The van der Waals surface area contributed by atoms with Crippen molar-refractivity contribution in [3.8, 4) is 11.1 Å². The Morgan fingerprint density at radius 2 is 1.71 bits per heavy atom. The lowest BCUT2D eigenvalue weighted by atomic mass is 10.0. The second-order valence-electron chi connectivity index (χ2n) is 4.70. The topological polar surface area (TPSA) is 37.8 Å². The molecule has 0 aliphatic rings. The lowest BCUT2D eigenvalue weighted by Crippen LogP contribution is -1.98. The first-order chi connectivity index (χ1) is 10.1. The Morgan fingerprint density at radius 1 is 1.00 bits per heavy atom. The molecule has 1 N–H and O–H groups in total. The molecule has 3 nitrogen and oxygen atoms in total. The lowest BCUT2D eigenvalue weighted by Gasteiger charge is -2.10. The summed E-state index contributed by atoms with van der Waals surface area (Å²) in [6, 6.07) is 11.4. The van der Waals surface area contributed by atoms with Gasteiger partial charge in [0.25, 0.3) is 0 Å². The molecule has 0 fully saturated rings. The molecule has 106 valence electrons. The van der Waals surface area contributed by atoms with Crippen molar-refractivity contribution in [2.75, 3.05) is 12.4 Å². The SMILES string of the molecule is CNc1nc(C)nc2cc(-c3c(Cl)cccc3Cl)ccc12. The summed E-state index contributed by atoms with van der Waals surface area (Å²) in [5.41, 5.74) is 2.63. The second-order valence-corrected chi connectivity index (χ2v) is 5.51. The summed E-state index contributed by atoms with van der Waals surface area (Å²) in [5.74, 6) is 1.53. The number of anilines is 1. The van der Waals surface area contributed by atoms with Gasteiger partial charge in [-0.15, -0.1) is 0 Å². The number of rotatable bonds is 2. The fraction of sp³-hybridized carbons (Fsp3) is 0.125. The molecule has 3 rings (SSSR count). The molecule has 3 aromatic rings. The standard InChI is InChI=1S/C16H13Cl2N3/c1-9-20-14-8-10(6-7-11(14)16(19-2)21-9)15-12(17)4-3-5-13(15)18/h3-8H,1-2H3,(H,19,20,21). The highest BCUT2D eigenvalue weighted by Crippen LogP contribution is 2.36. The molecule has 0 aliphatic carbocycles. The molecule has 0 spiro atoms. The number of nitrogens with one attached hydrogen (secondary N) is 1. The molecule has 1 aromatic heterocycles. The molecule has 0 atom stereocenters. The number of benzene rings is 2. The van der Waals surface area contributed by atoms with E-state index in [0.29, 0.717) is 15.9 Å². The fourth-order valence-electron chi connectivity index (χ4n) is 2.37. The van der Waals surface area contributed by atoms with Crippen LogP contribution in [0.5, 0.6) is 0 Å². The fourth-order valence-corrected chi connectivity index (χ4v) is 2.98. The first kappa shape index (κ1) is 14.1. The number of hydrogen-bond acceptors (Lipinski definition) is 3. The predicted octanol–water partition coefficient (Wildman–Crippen LogP) is 4.95. The van der Waals surface area contributed by atoms with Gasteiger partial charge in [-0.2, -0.15) is 0 Å². The van der Waals surface area contributed by atoms with E-state index >= 15 is 0 Å². The summed E-state index contributed by atoms with van der Waals surface area (Å²) in [6.07, 6.45) is 0. The van der Waals surface area contributed by atoms with Crippen LogP contribution in [0.2, 0.25) is 10.0 Å². The highest BCUT2D eigenvalue weighted by molar-refractivity contribution is 6.39. The van der Waals surface area contributed by atoms with Crippen LogP contribution in [0.1, 0.15) is 5.82 Å². The van der Waals surface area contributed by atoms with Gasteiger partial charge in [-0.25, -0.2) is 9.97 Å². The summed E-state index contributed by atoms with van der Waals surface area (Å²) < 4.78 is 0. The highest BCUT2D eigenvalue weighted by atomic mass is 35.5. The average molecular weight is 318 g/mol. The number of fused-ring (bicyclic) bond motifs is 1. The lowest BCUT2D eigenvalue weighted by molar-refractivity contribution is 1.09. The van der Waals surface area contributed by atoms with E-state index in [1.807, 2.05) is 50.4 Å². The van der Waals surface area contributed by atoms with Crippen LogP contribution in [0, 0.1) is 6.92 Å². The van der Waals surface area contributed by atoms with Gasteiger partial charge in [0, 0.05) is 28.0 Å². The average Bonchev–Trinajstić information content (AvgIpc) is 2.45. The largest absolute Gasteiger partial charge is 0.373 e. The number of aromatic nitrogens is 2. The quantitative estimate of drug-likeness (QED) is 0.726. The number of nitrogens with zero attached hydrogens (tertiary/aromatic N) is 2. The minimum atomic E-state index is 0.626. The molecule has 0 bridgehead atoms. The maximum atomic E-state index is 6.28. The van der Waals surface area contributed by atoms with Crippen molar-refractivity contribution >= 4 is 39.9 Å². The number of halogens is 2. The zero-order chi connectivity index (χ0) is 15.0. The van der Waals surface area contributed by atoms with Crippen molar-refractivity contribution in [1.29, 1.82) is 0 Å². The van der Waals surface area contributed by atoms with Gasteiger partial charge in [0.15, 0.2) is 0 Å². The molecule has 21 heavy (non-hydrogen) atoms. The van der Waals surface area contributed by atoms with Crippen LogP contribution in [-0.4, -0.2) is 17.0 Å². The van der Waals surface area contributed by atoms with Crippen molar-refractivity contribution in [1.82, 2.24) is 9.97 Å². The van der Waals surface area contributed by atoms with E-state index in [-0.39, 0.29) is 0 Å². The molecule has 1 heterocycles. The van der Waals surface area contributed by atoms with Gasteiger partial charge in [-0.3, -0.25) is 0 Å². The van der Waals surface area contributed by atoms with Gasteiger partial charge in [-0.1, -0.05) is 35.3 Å². The van der Waals surface area contributed by atoms with Crippen molar-refractivity contribution in [3.63, 3.8) is 0 Å². The van der Waals surface area contributed by atoms with E-state index in [4.69, 9.17) is 23.2 Å². The Balaban J connectivity index is 2.27. The van der Waals surface area contributed by atoms with Crippen molar-refractivity contribution < 1.29 is 0 Å². The van der Waals surface area contributed by atoms with Crippen molar-refractivity contribution in [2.45, 2.75) is 6.92 Å². The minimum Gasteiger partial charge on any atom is -0.373 e. The normalized spacial score (nSPS) is 10.9. The minimum absolute atomic E-state index is 0.626. The van der Waals surface area contributed by atoms with Crippen LogP contribution in [0.25, 0.3) is 22.0 Å². The van der Waals surface area contributed by atoms with Gasteiger partial charge < -0.3 is 5.32 Å². The third kappa shape index (κ3) is 2.55.